The Morgan fingerprint density at radius 3 is 2.47 bits per heavy atom. The van der Waals surface area contributed by atoms with Crippen LogP contribution in [0.5, 0.6) is 0 Å². The molecule has 1 heterocycles. The van der Waals surface area contributed by atoms with Gasteiger partial charge in [-0.1, -0.05) is 42.5 Å². The smallest absolute Gasteiger partial charge is 0.0482 e. The summed E-state index contributed by atoms with van der Waals surface area (Å²) in [5, 5.41) is 1.28. The van der Waals surface area contributed by atoms with Gasteiger partial charge < -0.3 is 4.57 Å². The van der Waals surface area contributed by atoms with Crippen molar-refractivity contribution in [1.82, 2.24) is 4.57 Å². The fraction of sp³-hybridized carbons (Fsp3) is 0.0588. The number of hydrogen-bond acceptors (Lipinski definition) is 0. The quantitative estimate of drug-likeness (QED) is 0.571. The third kappa shape index (κ3) is 2.45. The third-order valence-electron chi connectivity index (χ3n) is 3.33. The van der Waals surface area contributed by atoms with Gasteiger partial charge in [-0.3, -0.25) is 0 Å². The van der Waals surface area contributed by atoms with Gasteiger partial charge in [0.2, 0.25) is 0 Å². The largest absolute Gasteiger partial charge is 0.344 e. The Bertz CT molecular complexity index is 753. The highest BCUT2D eigenvalue weighted by Crippen LogP contribution is 2.21. The molecule has 0 atom stereocenters. The van der Waals surface area contributed by atoms with E-state index in [1.54, 1.807) is 0 Å². The lowest BCUT2D eigenvalue weighted by atomic mass is 10.2. The zero-order chi connectivity index (χ0) is 13.2. The molecule has 0 amide bonds. The maximum Gasteiger partial charge on any atom is 0.0482 e. The van der Waals surface area contributed by atoms with Crippen LogP contribution in [0, 0.1) is 3.57 Å². The Kier molecular flexibility index (Phi) is 3.42. The number of aromatic nitrogens is 1. The van der Waals surface area contributed by atoms with Gasteiger partial charge in [-0.25, -0.2) is 0 Å². The first-order chi connectivity index (χ1) is 9.25. The van der Waals surface area contributed by atoms with E-state index in [0.717, 1.165) is 0 Å². The van der Waals surface area contributed by atoms with Crippen molar-refractivity contribution in [3.8, 4) is 0 Å². The molecule has 0 spiro atoms. The topological polar surface area (TPSA) is 4.93 Å². The molecule has 0 aliphatic carbocycles. The van der Waals surface area contributed by atoms with Crippen molar-refractivity contribution in [3.05, 3.63) is 69.4 Å². The van der Waals surface area contributed by atoms with E-state index in [-0.39, 0.29) is 0 Å². The second kappa shape index (κ2) is 5.21. The molecule has 0 saturated carbocycles. The van der Waals surface area contributed by atoms with Gasteiger partial charge in [0.1, 0.15) is 0 Å². The number of rotatable bonds is 2. The van der Waals surface area contributed by atoms with Gasteiger partial charge >= 0.3 is 0 Å². The molecule has 3 aromatic rings. The van der Waals surface area contributed by atoms with Crippen molar-refractivity contribution in [2.24, 2.45) is 7.05 Å². The first-order valence-corrected chi connectivity index (χ1v) is 7.30. The molecule has 0 radical (unpaired) electrons. The number of benzene rings is 2. The molecule has 0 N–H and O–H groups in total. The van der Waals surface area contributed by atoms with E-state index >= 15 is 0 Å². The first kappa shape index (κ1) is 12.5. The van der Waals surface area contributed by atoms with Crippen LogP contribution in [0.2, 0.25) is 0 Å². The lowest BCUT2D eigenvalue weighted by Crippen LogP contribution is -1.89. The monoisotopic (exact) mass is 359 g/mol. The van der Waals surface area contributed by atoms with Crippen LogP contribution in [0.25, 0.3) is 23.1 Å². The van der Waals surface area contributed by atoms with Gasteiger partial charge in [0.05, 0.1) is 0 Å². The van der Waals surface area contributed by atoms with E-state index < -0.39 is 0 Å². The van der Waals surface area contributed by atoms with Crippen LogP contribution < -0.4 is 0 Å². The molecule has 94 valence electrons. The summed E-state index contributed by atoms with van der Waals surface area (Å²) in [7, 11) is 2.11. The van der Waals surface area contributed by atoms with Crippen LogP contribution in [0.4, 0.5) is 0 Å². The molecule has 0 aliphatic heterocycles. The number of para-hydroxylation sites is 1. The number of aryl methyl sites for hydroxylation is 1. The Morgan fingerprint density at radius 2 is 1.68 bits per heavy atom. The molecule has 2 aromatic carbocycles. The van der Waals surface area contributed by atoms with Crippen LogP contribution in [0.3, 0.4) is 0 Å². The predicted molar refractivity (Wildman–Crippen MR) is 91.0 cm³/mol. The molecule has 3 rings (SSSR count). The molecular weight excluding hydrogens is 345 g/mol. The molecular formula is C17H14IN. The summed E-state index contributed by atoms with van der Waals surface area (Å²) in [6, 6.07) is 19.1. The summed E-state index contributed by atoms with van der Waals surface area (Å²) in [5.74, 6) is 0. The molecule has 0 aliphatic rings. The lowest BCUT2D eigenvalue weighted by Gasteiger charge is -2.00. The van der Waals surface area contributed by atoms with E-state index in [1.165, 1.54) is 25.7 Å². The SMILES string of the molecule is Cn1c(/C=C/c2ccccc2I)cc2ccccc21. The van der Waals surface area contributed by atoms with Gasteiger partial charge in [-0.15, -0.1) is 0 Å². The number of nitrogens with zero attached hydrogens (tertiary/aromatic N) is 1. The summed E-state index contributed by atoms with van der Waals surface area (Å²) in [5.41, 5.74) is 3.75. The first-order valence-electron chi connectivity index (χ1n) is 6.23. The van der Waals surface area contributed by atoms with E-state index in [9.17, 15) is 0 Å². The standard InChI is InChI=1S/C17H14IN/c1-19-15(12-14-7-3-5-9-17(14)19)11-10-13-6-2-4-8-16(13)18/h2-12H,1H3/b11-10+. The minimum atomic E-state index is 1.22. The second-order valence-corrected chi connectivity index (χ2v) is 5.70. The average Bonchev–Trinajstić information content (AvgIpc) is 2.75. The summed E-state index contributed by atoms with van der Waals surface area (Å²) in [6.07, 6.45) is 4.35. The maximum absolute atomic E-state index is 2.37. The van der Waals surface area contributed by atoms with E-state index in [1.807, 2.05) is 0 Å². The van der Waals surface area contributed by atoms with Crippen LogP contribution in [0.15, 0.2) is 54.6 Å². The highest BCUT2D eigenvalue weighted by molar-refractivity contribution is 14.1. The number of fused-ring (bicyclic) bond motifs is 1. The molecule has 0 unspecified atom stereocenters. The molecule has 1 aromatic heterocycles. The van der Waals surface area contributed by atoms with E-state index in [4.69, 9.17) is 0 Å². The molecule has 19 heavy (non-hydrogen) atoms. The molecule has 0 saturated heterocycles. The van der Waals surface area contributed by atoms with Crippen molar-refractivity contribution in [1.29, 1.82) is 0 Å². The van der Waals surface area contributed by atoms with E-state index in [2.05, 4.69) is 101 Å². The summed E-state index contributed by atoms with van der Waals surface area (Å²) < 4.78 is 3.50. The molecule has 0 bridgehead atoms. The summed E-state index contributed by atoms with van der Waals surface area (Å²) in [4.78, 5) is 0. The summed E-state index contributed by atoms with van der Waals surface area (Å²) in [6.45, 7) is 0. The van der Waals surface area contributed by atoms with Crippen molar-refractivity contribution in [3.63, 3.8) is 0 Å². The van der Waals surface area contributed by atoms with Crippen molar-refractivity contribution < 1.29 is 0 Å². The highest BCUT2D eigenvalue weighted by Gasteiger charge is 2.02. The zero-order valence-corrected chi connectivity index (χ0v) is 12.8. The van der Waals surface area contributed by atoms with Crippen molar-refractivity contribution in [2.45, 2.75) is 0 Å². The van der Waals surface area contributed by atoms with Crippen LogP contribution >= 0.6 is 22.6 Å². The van der Waals surface area contributed by atoms with Crippen LogP contribution in [-0.2, 0) is 7.05 Å². The normalized spacial score (nSPS) is 11.5. The lowest BCUT2D eigenvalue weighted by molar-refractivity contribution is 0.955. The Morgan fingerprint density at radius 1 is 0.947 bits per heavy atom. The van der Waals surface area contributed by atoms with Gasteiger partial charge in [0.25, 0.3) is 0 Å². The van der Waals surface area contributed by atoms with Gasteiger partial charge in [-0.2, -0.15) is 0 Å². The fourth-order valence-corrected chi connectivity index (χ4v) is 2.82. The fourth-order valence-electron chi connectivity index (χ4n) is 2.26. The number of hydrogen-bond donors (Lipinski definition) is 0. The van der Waals surface area contributed by atoms with Crippen molar-refractivity contribution >= 4 is 45.6 Å². The average molecular weight is 359 g/mol. The maximum atomic E-state index is 2.37. The second-order valence-electron chi connectivity index (χ2n) is 4.54. The van der Waals surface area contributed by atoms with Crippen LogP contribution in [-0.4, -0.2) is 4.57 Å². The highest BCUT2D eigenvalue weighted by atomic mass is 127. The Hall–Kier alpha value is -1.55. The van der Waals surface area contributed by atoms with Gasteiger partial charge in [0, 0.05) is 27.2 Å². The zero-order valence-electron chi connectivity index (χ0n) is 10.7. The van der Waals surface area contributed by atoms with Crippen LogP contribution in [0.1, 0.15) is 11.3 Å². The van der Waals surface area contributed by atoms with Gasteiger partial charge in [0.15, 0.2) is 0 Å². The van der Waals surface area contributed by atoms with Gasteiger partial charge in [-0.05, 0) is 52.4 Å². The van der Waals surface area contributed by atoms with Crippen molar-refractivity contribution in [2.75, 3.05) is 0 Å². The van der Waals surface area contributed by atoms with E-state index in [0.29, 0.717) is 0 Å². The molecule has 2 heteroatoms. The molecule has 1 nitrogen and oxygen atoms in total. The predicted octanol–water partition coefficient (Wildman–Crippen LogP) is 4.95. The minimum absolute atomic E-state index is 1.22. The summed E-state index contributed by atoms with van der Waals surface area (Å²) >= 11 is 2.37. The number of halogens is 1. The Balaban J connectivity index is 2.02. The third-order valence-corrected chi connectivity index (χ3v) is 4.31. The minimum Gasteiger partial charge on any atom is -0.344 e. The molecule has 0 fully saturated rings. The Labute approximate surface area is 126 Å².